The minimum atomic E-state index is -0.712. The monoisotopic (exact) mass is 499 g/mol. The highest BCUT2D eigenvalue weighted by Gasteiger charge is 2.20. The summed E-state index contributed by atoms with van der Waals surface area (Å²) in [5.41, 5.74) is 1.14. The summed E-state index contributed by atoms with van der Waals surface area (Å²) in [5.74, 6) is -0.598. The number of anilines is 1. The Kier molecular flexibility index (Phi) is 10.3. The van der Waals surface area contributed by atoms with Crippen molar-refractivity contribution in [3.05, 3.63) is 59.7 Å². The molecule has 0 aliphatic carbocycles. The van der Waals surface area contributed by atoms with Crippen molar-refractivity contribution in [1.29, 1.82) is 5.41 Å². The van der Waals surface area contributed by atoms with E-state index in [1.807, 2.05) is 6.07 Å². The maximum atomic E-state index is 11.9. The molecule has 0 fully saturated rings. The van der Waals surface area contributed by atoms with Gasteiger partial charge in [-0.05, 0) is 58.0 Å². The summed E-state index contributed by atoms with van der Waals surface area (Å²) in [4.78, 5) is 35.2. The number of para-hydroxylation sites is 1. The summed E-state index contributed by atoms with van der Waals surface area (Å²) >= 11 is 0. The molecule has 0 saturated heterocycles. The zero-order valence-corrected chi connectivity index (χ0v) is 21.2. The molecule has 0 aromatic heterocycles. The Balaban J connectivity index is 2.16. The van der Waals surface area contributed by atoms with Gasteiger partial charge in [-0.1, -0.05) is 18.2 Å². The van der Waals surface area contributed by atoms with Crippen molar-refractivity contribution in [3.63, 3.8) is 0 Å². The summed E-state index contributed by atoms with van der Waals surface area (Å²) in [6.45, 7) is 8.25. The van der Waals surface area contributed by atoms with Crippen LogP contribution in [-0.4, -0.2) is 49.3 Å². The van der Waals surface area contributed by atoms with Crippen molar-refractivity contribution in [1.82, 2.24) is 5.32 Å². The lowest BCUT2D eigenvalue weighted by Crippen LogP contribution is -2.36. The average Bonchev–Trinajstić information content (AvgIpc) is 2.80. The summed E-state index contributed by atoms with van der Waals surface area (Å²) in [6, 6.07) is 13.4. The second kappa shape index (κ2) is 13.1. The Morgan fingerprint density at radius 3 is 2.28 bits per heavy atom. The summed E-state index contributed by atoms with van der Waals surface area (Å²) < 4.78 is 21.0. The highest BCUT2D eigenvalue weighted by molar-refractivity contribution is 6.04. The Labute approximate surface area is 210 Å². The van der Waals surface area contributed by atoms with Crippen LogP contribution in [0.15, 0.2) is 48.5 Å². The number of nitrogens with one attached hydrogen (secondary N) is 3. The predicted octanol–water partition coefficient (Wildman–Crippen LogP) is 4.19. The lowest BCUT2D eigenvalue weighted by atomic mass is 10.1. The third kappa shape index (κ3) is 9.65. The van der Waals surface area contributed by atoms with Gasteiger partial charge in [-0.3, -0.25) is 15.5 Å². The number of benzene rings is 2. The molecule has 1 atom stereocenters. The molecule has 1 unspecified atom stereocenters. The van der Waals surface area contributed by atoms with Crippen LogP contribution < -0.4 is 15.4 Å². The van der Waals surface area contributed by atoms with Crippen LogP contribution >= 0.6 is 0 Å². The number of hydrogen-bond donors (Lipinski definition) is 3. The highest BCUT2D eigenvalue weighted by Crippen LogP contribution is 2.29. The standard InChI is InChI=1S/C26H33N3O7/c1-6-33-23(31)16-35-22-10-8-7-9-20(22)21(15-34-17(2)30)28-19-13-11-18(12-14-19)24(27)29-25(32)36-26(3,4)5/h7-14,21,28H,6,15-16H2,1-5H3,(H2,27,29,32). The van der Waals surface area contributed by atoms with Crippen LogP contribution in [0, 0.1) is 5.41 Å². The molecule has 3 N–H and O–H groups in total. The number of hydrogen-bond acceptors (Lipinski definition) is 9. The van der Waals surface area contributed by atoms with Crippen molar-refractivity contribution in [3.8, 4) is 5.75 Å². The molecule has 10 nitrogen and oxygen atoms in total. The fourth-order valence-electron chi connectivity index (χ4n) is 3.06. The zero-order chi connectivity index (χ0) is 26.7. The van der Waals surface area contributed by atoms with Crippen LogP contribution in [0.4, 0.5) is 10.5 Å². The second-order valence-electron chi connectivity index (χ2n) is 8.71. The third-order valence-corrected chi connectivity index (χ3v) is 4.54. The van der Waals surface area contributed by atoms with Crippen LogP contribution in [0.2, 0.25) is 0 Å². The van der Waals surface area contributed by atoms with E-state index in [1.54, 1.807) is 70.2 Å². The van der Waals surface area contributed by atoms with Crippen LogP contribution in [0.3, 0.4) is 0 Å². The number of esters is 2. The Morgan fingerprint density at radius 1 is 1.00 bits per heavy atom. The van der Waals surface area contributed by atoms with E-state index in [4.69, 9.17) is 24.4 Å². The smallest absolute Gasteiger partial charge is 0.413 e. The molecule has 2 aromatic carbocycles. The summed E-state index contributed by atoms with van der Waals surface area (Å²) in [6.07, 6.45) is -0.712. The fourth-order valence-corrected chi connectivity index (χ4v) is 3.06. The minimum absolute atomic E-state index is 0.00683. The maximum absolute atomic E-state index is 11.9. The zero-order valence-electron chi connectivity index (χ0n) is 21.2. The number of alkyl carbamates (subject to hydrolysis) is 1. The van der Waals surface area contributed by atoms with Crippen molar-refractivity contribution in [2.45, 2.75) is 46.3 Å². The molecular formula is C26H33N3O7. The molecule has 0 saturated carbocycles. The molecule has 0 radical (unpaired) electrons. The van der Waals surface area contributed by atoms with E-state index in [0.29, 0.717) is 22.6 Å². The van der Waals surface area contributed by atoms with E-state index < -0.39 is 29.7 Å². The van der Waals surface area contributed by atoms with E-state index in [9.17, 15) is 14.4 Å². The SMILES string of the molecule is CCOC(=O)COc1ccccc1C(COC(C)=O)Nc1ccc(C(=N)NC(=O)OC(C)(C)C)cc1. The van der Waals surface area contributed by atoms with Gasteiger partial charge in [0, 0.05) is 23.7 Å². The Morgan fingerprint density at radius 2 is 1.67 bits per heavy atom. The van der Waals surface area contributed by atoms with Gasteiger partial charge in [-0.25, -0.2) is 9.59 Å². The average molecular weight is 500 g/mol. The van der Waals surface area contributed by atoms with Crippen LogP contribution in [0.1, 0.15) is 51.8 Å². The van der Waals surface area contributed by atoms with Crippen molar-refractivity contribution in [2.24, 2.45) is 0 Å². The largest absolute Gasteiger partial charge is 0.482 e. The summed E-state index contributed by atoms with van der Waals surface area (Å²) in [5, 5.41) is 13.8. The Bertz CT molecular complexity index is 1060. The number of ether oxygens (including phenoxy) is 4. The van der Waals surface area contributed by atoms with Gasteiger partial charge in [-0.2, -0.15) is 0 Å². The van der Waals surface area contributed by atoms with Gasteiger partial charge >= 0.3 is 18.0 Å². The van der Waals surface area contributed by atoms with Gasteiger partial charge in [-0.15, -0.1) is 0 Å². The molecule has 2 aromatic rings. The molecule has 36 heavy (non-hydrogen) atoms. The second-order valence-corrected chi connectivity index (χ2v) is 8.71. The molecule has 0 aliphatic rings. The van der Waals surface area contributed by atoms with Gasteiger partial charge in [0.1, 0.15) is 23.8 Å². The first-order chi connectivity index (χ1) is 17.0. The minimum Gasteiger partial charge on any atom is -0.482 e. The van der Waals surface area contributed by atoms with Crippen LogP contribution in [0.5, 0.6) is 5.75 Å². The van der Waals surface area contributed by atoms with Gasteiger partial charge in [0.25, 0.3) is 0 Å². The number of amidine groups is 1. The van der Waals surface area contributed by atoms with Crippen molar-refractivity contribution >= 4 is 29.6 Å². The van der Waals surface area contributed by atoms with Gasteiger partial charge in [0.15, 0.2) is 6.61 Å². The number of carbonyl (C=O) groups excluding carboxylic acids is 3. The van der Waals surface area contributed by atoms with E-state index >= 15 is 0 Å². The van der Waals surface area contributed by atoms with Crippen LogP contribution in [0.25, 0.3) is 0 Å². The third-order valence-electron chi connectivity index (χ3n) is 4.54. The number of amides is 1. The van der Waals surface area contributed by atoms with Gasteiger partial charge in [0.2, 0.25) is 0 Å². The first-order valence-electron chi connectivity index (χ1n) is 11.4. The quantitative estimate of drug-likeness (QED) is 0.192. The van der Waals surface area contributed by atoms with Gasteiger partial charge < -0.3 is 24.3 Å². The van der Waals surface area contributed by atoms with E-state index in [0.717, 1.165) is 0 Å². The Hall–Kier alpha value is -4.08. The number of rotatable bonds is 10. The topological polar surface area (TPSA) is 136 Å². The predicted molar refractivity (Wildman–Crippen MR) is 134 cm³/mol. The van der Waals surface area contributed by atoms with Crippen molar-refractivity contribution < 1.29 is 33.3 Å². The van der Waals surface area contributed by atoms with E-state index in [-0.39, 0.29) is 25.7 Å². The lowest BCUT2D eigenvalue weighted by molar-refractivity contribution is -0.145. The highest BCUT2D eigenvalue weighted by atomic mass is 16.6. The summed E-state index contributed by atoms with van der Waals surface area (Å²) in [7, 11) is 0. The van der Waals surface area contributed by atoms with E-state index in [2.05, 4.69) is 10.6 Å². The molecule has 194 valence electrons. The normalized spacial score (nSPS) is 11.6. The fraction of sp³-hybridized carbons (Fsp3) is 0.385. The van der Waals surface area contributed by atoms with Crippen molar-refractivity contribution in [2.75, 3.05) is 25.1 Å². The molecule has 2 rings (SSSR count). The molecule has 10 heteroatoms. The lowest BCUT2D eigenvalue weighted by Gasteiger charge is -2.23. The van der Waals surface area contributed by atoms with E-state index in [1.165, 1.54) is 6.92 Å². The molecule has 0 spiro atoms. The van der Waals surface area contributed by atoms with Gasteiger partial charge in [0.05, 0.1) is 12.6 Å². The molecule has 0 heterocycles. The molecule has 1 amide bonds. The first kappa shape index (κ1) is 28.2. The molecular weight excluding hydrogens is 466 g/mol. The molecule has 0 aliphatic heterocycles. The maximum Gasteiger partial charge on any atom is 0.413 e. The number of carbonyl (C=O) groups is 3. The van der Waals surface area contributed by atoms with Crippen LogP contribution in [-0.2, 0) is 23.8 Å². The molecule has 0 bridgehead atoms. The first-order valence-corrected chi connectivity index (χ1v) is 11.4.